The van der Waals surface area contributed by atoms with Gasteiger partial charge < -0.3 is 10.5 Å². The van der Waals surface area contributed by atoms with Gasteiger partial charge in [-0.15, -0.1) is 0 Å². The molecule has 1 fully saturated rings. The summed E-state index contributed by atoms with van der Waals surface area (Å²) >= 11 is 6.29. The van der Waals surface area contributed by atoms with Gasteiger partial charge in [0, 0.05) is 42.4 Å². The van der Waals surface area contributed by atoms with E-state index in [4.69, 9.17) is 22.1 Å². The van der Waals surface area contributed by atoms with Crippen LogP contribution in [0.2, 0.25) is 0 Å². The van der Waals surface area contributed by atoms with E-state index in [9.17, 15) is 0 Å². The molecule has 1 saturated carbocycles. The Bertz CT molecular complexity index is 904. The summed E-state index contributed by atoms with van der Waals surface area (Å²) in [5.41, 5.74) is 9.60. The van der Waals surface area contributed by atoms with E-state index in [1.165, 1.54) is 12.8 Å². The highest BCUT2D eigenvalue weighted by atomic mass is 35.5. The minimum Gasteiger partial charge on any atom is -0.439 e. The highest BCUT2D eigenvalue weighted by molar-refractivity contribution is 6.31. The fourth-order valence-corrected chi connectivity index (χ4v) is 3.14. The van der Waals surface area contributed by atoms with E-state index in [2.05, 4.69) is 10.1 Å². The summed E-state index contributed by atoms with van der Waals surface area (Å²) in [4.78, 5) is 4.55. The van der Waals surface area contributed by atoms with Gasteiger partial charge in [0.1, 0.15) is 5.76 Å². The summed E-state index contributed by atoms with van der Waals surface area (Å²) in [5.74, 6) is 1.98. The Labute approximate surface area is 157 Å². The first kappa shape index (κ1) is 17.1. The van der Waals surface area contributed by atoms with Gasteiger partial charge in [-0.25, -0.2) is 4.68 Å². The molecular weight excluding hydrogens is 348 g/mol. The van der Waals surface area contributed by atoms with E-state index in [1.54, 1.807) is 10.9 Å². The van der Waals surface area contributed by atoms with E-state index >= 15 is 0 Å². The molecular formula is C20H21ClN4O. The summed E-state index contributed by atoms with van der Waals surface area (Å²) in [5, 5.41) is 5.19. The molecule has 0 bridgehead atoms. The smallest absolute Gasteiger partial charge is 0.217 e. The van der Waals surface area contributed by atoms with E-state index in [1.807, 2.05) is 43.5 Å². The fraction of sp³-hybridized carbons (Fsp3) is 0.300. The lowest BCUT2D eigenvalue weighted by atomic mass is 10.1. The van der Waals surface area contributed by atoms with Crippen molar-refractivity contribution in [3.8, 4) is 5.88 Å². The predicted octanol–water partition coefficient (Wildman–Crippen LogP) is 4.02. The van der Waals surface area contributed by atoms with Crippen LogP contribution in [0.1, 0.15) is 42.1 Å². The number of aromatic nitrogens is 3. The van der Waals surface area contributed by atoms with Gasteiger partial charge in [0.25, 0.3) is 0 Å². The van der Waals surface area contributed by atoms with Crippen molar-refractivity contribution in [2.75, 3.05) is 0 Å². The SMILES string of the molecule is Cn1nc(C2CC2)cc1OC1=C(c2ccc(CN)cn2)CC=CC(Cl)=C1. The summed E-state index contributed by atoms with van der Waals surface area (Å²) in [6, 6.07) is 5.98. The monoisotopic (exact) mass is 368 g/mol. The van der Waals surface area contributed by atoms with Crippen molar-refractivity contribution in [2.45, 2.75) is 31.7 Å². The number of aryl methyl sites for hydroxylation is 1. The standard InChI is InChI=1S/C20H21ClN4O/c1-25-20(10-18(24-25)14-6-7-14)26-19-9-15(21)3-2-4-16(19)17-8-5-13(11-22)12-23-17/h2-3,5,8-10,12,14H,4,6-7,11,22H2,1H3. The summed E-state index contributed by atoms with van der Waals surface area (Å²) in [7, 11) is 1.90. The largest absolute Gasteiger partial charge is 0.439 e. The van der Waals surface area contributed by atoms with Crippen LogP contribution in [-0.4, -0.2) is 14.8 Å². The molecule has 134 valence electrons. The van der Waals surface area contributed by atoms with Crippen LogP contribution in [0.3, 0.4) is 0 Å². The van der Waals surface area contributed by atoms with Crippen LogP contribution in [-0.2, 0) is 13.6 Å². The molecule has 26 heavy (non-hydrogen) atoms. The molecule has 0 aliphatic heterocycles. The molecule has 2 aliphatic rings. The molecule has 4 rings (SSSR count). The van der Waals surface area contributed by atoms with Gasteiger partial charge in [0.15, 0.2) is 0 Å². The Morgan fingerprint density at radius 1 is 1.35 bits per heavy atom. The van der Waals surface area contributed by atoms with E-state index in [0.717, 1.165) is 22.5 Å². The number of halogens is 1. The Morgan fingerprint density at radius 3 is 2.88 bits per heavy atom. The van der Waals surface area contributed by atoms with Gasteiger partial charge in [0.2, 0.25) is 5.88 Å². The molecule has 0 aromatic carbocycles. The first-order chi connectivity index (χ1) is 12.6. The van der Waals surface area contributed by atoms with Gasteiger partial charge in [-0.2, -0.15) is 5.10 Å². The lowest BCUT2D eigenvalue weighted by Gasteiger charge is -2.12. The molecule has 0 unspecified atom stereocenters. The second kappa shape index (κ2) is 7.09. The summed E-state index contributed by atoms with van der Waals surface area (Å²) < 4.78 is 8.01. The van der Waals surface area contributed by atoms with Crippen LogP contribution in [0.15, 0.2) is 53.4 Å². The van der Waals surface area contributed by atoms with Crippen molar-refractivity contribution in [3.05, 3.63) is 70.4 Å². The maximum absolute atomic E-state index is 6.29. The third-order valence-corrected chi connectivity index (χ3v) is 4.84. The third-order valence-electron chi connectivity index (χ3n) is 4.60. The van der Waals surface area contributed by atoms with E-state index in [-0.39, 0.29) is 0 Å². The zero-order valence-electron chi connectivity index (χ0n) is 14.7. The van der Waals surface area contributed by atoms with Crippen molar-refractivity contribution in [3.63, 3.8) is 0 Å². The molecule has 0 spiro atoms. The predicted molar refractivity (Wildman–Crippen MR) is 103 cm³/mol. The lowest BCUT2D eigenvalue weighted by molar-refractivity contribution is 0.400. The van der Waals surface area contributed by atoms with E-state index < -0.39 is 0 Å². The maximum Gasteiger partial charge on any atom is 0.217 e. The van der Waals surface area contributed by atoms with Gasteiger partial charge in [-0.1, -0.05) is 23.7 Å². The second-order valence-electron chi connectivity index (χ2n) is 6.64. The zero-order valence-corrected chi connectivity index (χ0v) is 15.4. The lowest BCUT2D eigenvalue weighted by Crippen LogP contribution is -2.04. The molecule has 0 amide bonds. The molecule has 2 N–H and O–H groups in total. The minimum atomic E-state index is 0.473. The number of nitrogens with two attached hydrogens (primary N) is 1. The molecule has 5 nitrogen and oxygen atoms in total. The second-order valence-corrected chi connectivity index (χ2v) is 7.08. The molecule has 0 saturated heterocycles. The Hall–Kier alpha value is -2.37. The summed E-state index contributed by atoms with van der Waals surface area (Å²) in [6.45, 7) is 0.473. The maximum atomic E-state index is 6.29. The van der Waals surface area contributed by atoms with Gasteiger partial charge in [0.05, 0.1) is 11.4 Å². The number of ether oxygens (including phenoxy) is 1. The van der Waals surface area contributed by atoms with Crippen LogP contribution in [0, 0.1) is 0 Å². The number of rotatable bonds is 5. The Balaban J connectivity index is 1.71. The molecule has 0 radical (unpaired) electrons. The molecule has 2 aromatic heterocycles. The zero-order chi connectivity index (χ0) is 18.1. The molecule has 0 atom stereocenters. The quantitative estimate of drug-likeness (QED) is 0.865. The molecule has 2 aromatic rings. The van der Waals surface area contributed by atoms with Crippen molar-refractivity contribution in [2.24, 2.45) is 12.8 Å². The third kappa shape index (κ3) is 3.59. The van der Waals surface area contributed by atoms with Crippen molar-refractivity contribution in [1.82, 2.24) is 14.8 Å². The number of pyridine rings is 1. The number of hydrogen-bond acceptors (Lipinski definition) is 4. The van der Waals surface area contributed by atoms with Crippen LogP contribution in [0.5, 0.6) is 5.88 Å². The van der Waals surface area contributed by atoms with Crippen LogP contribution in [0.25, 0.3) is 5.57 Å². The first-order valence-corrected chi connectivity index (χ1v) is 9.16. The van der Waals surface area contributed by atoms with Crippen LogP contribution < -0.4 is 10.5 Å². The topological polar surface area (TPSA) is 66.0 Å². The average molecular weight is 369 g/mol. The number of hydrogen-bond donors (Lipinski definition) is 1. The van der Waals surface area contributed by atoms with Crippen molar-refractivity contribution in [1.29, 1.82) is 0 Å². The molecule has 2 heterocycles. The van der Waals surface area contributed by atoms with Crippen molar-refractivity contribution >= 4 is 17.2 Å². The van der Waals surface area contributed by atoms with Crippen LogP contribution >= 0.6 is 11.6 Å². The van der Waals surface area contributed by atoms with Gasteiger partial charge in [-0.05, 0) is 43.0 Å². The fourth-order valence-electron chi connectivity index (χ4n) is 2.95. The minimum absolute atomic E-state index is 0.473. The first-order valence-electron chi connectivity index (χ1n) is 8.78. The molecule has 2 aliphatic carbocycles. The normalized spacial score (nSPS) is 17.3. The van der Waals surface area contributed by atoms with Crippen LogP contribution in [0.4, 0.5) is 0 Å². The van der Waals surface area contributed by atoms with Gasteiger partial charge in [-0.3, -0.25) is 4.98 Å². The van der Waals surface area contributed by atoms with Gasteiger partial charge >= 0.3 is 0 Å². The molecule has 6 heteroatoms. The number of allylic oxidation sites excluding steroid dienone is 5. The number of nitrogens with zero attached hydrogens (tertiary/aromatic N) is 3. The highest BCUT2D eigenvalue weighted by Crippen LogP contribution is 2.40. The summed E-state index contributed by atoms with van der Waals surface area (Å²) in [6.07, 6.45) is 10.6. The highest BCUT2D eigenvalue weighted by Gasteiger charge is 2.27. The Morgan fingerprint density at radius 2 is 2.19 bits per heavy atom. The average Bonchev–Trinajstić information content (AvgIpc) is 3.44. The Kier molecular flexibility index (Phi) is 4.66. The van der Waals surface area contributed by atoms with Crippen molar-refractivity contribution < 1.29 is 4.74 Å². The van der Waals surface area contributed by atoms with E-state index in [0.29, 0.717) is 35.6 Å².